The minimum Gasteiger partial charge on any atom is -0.333 e. The first kappa shape index (κ1) is 13.4. The summed E-state index contributed by atoms with van der Waals surface area (Å²) in [5, 5.41) is 4.35. The van der Waals surface area contributed by atoms with Crippen molar-refractivity contribution in [1.82, 2.24) is 14.5 Å². The van der Waals surface area contributed by atoms with E-state index >= 15 is 0 Å². The quantitative estimate of drug-likeness (QED) is 0.736. The van der Waals surface area contributed by atoms with Crippen molar-refractivity contribution in [3.05, 3.63) is 72.1 Å². The maximum Gasteiger partial charge on any atom is 0.274 e. The average Bonchev–Trinajstić information content (AvgIpc) is 2.97. The van der Waals surface area contributed by atoms with Gasteiger partial charge >= 0.3 is 0 Å². The number of hydrogen-bond acceptors (Lipinski definition) is 2. The van der Waals surface area contributed by atoms with Crippen LogP contribution in [-0.4, -0.2) is 27.0 Å². The molecule has 21 heavy (non-hydrogen) atoms. The summed E-state index contributed by atoms with van der Waals surface area (Å²) in [6.45, 7) is 3.24. The number of pyridine rings is 1. The molecule has 0 atom stereocenters. The van der Waals surface area contributed by atoms with Crippen molar-refractivity contribution >= 4 is 11.4 Å². The normalized spacial score (nSPS) is 10.7. The molecule has 1 aromatic carbocycles. The number of carbonyl (C=O) groups is 1. The van der Waals surface area contributed by atoms with Gasteiger partial charge in [-0.1, -0.05) is 36.4 Å². The predicted molar refractivity (Wildman–Crippen MR) is 82.0 cm³/mol. The lowest BCUT2D eigenvalue weighted by molar-refractivity contribution is 0.0746. The second kappa shape index (κ2) is 5.79. The van der Waals surface area contributed by atoms with Crippen molar-refractivity contribution in [1.29, 1.82) is 0 Å². The maximum absolute atomic E-state index is 12.6. The van der Waals surface area contributed by atoms with Gasteiger partial charge in [-0.15, -0.1) is 0 Å². The summed E-state index contributed by atoms with van der Waals surface area (Å²) in [5.41, 5.74) is 2.53. The minimum atomic E-state index is -0.0370. The lowest BCUT2D eigenvalue weighted by Crippen LogP contribution is -2.30. The van der Waals surface area contributed by atoms with E-state index in [9.17, 15) is 4.79 Å². The Labute approximate surface area is 123 Å². The minimum absolute atomic E-state index is 0.0370. The Morgan fingerprint density at radius 3 is 2.62 bits per heavy atom. The van der Waals surface area contributed by atoms with Crippen molar-refractivity contribution in [3.8, 4) is 0 Å². The van der Waals surface area contributed by atoms with Crippen LogP contribution in [0.5, 0.6) is 0 Å². The Morgan fingerprint density at radius 2 is 1.90 bits per heavy atom. The molecule has 0 N–H and O–H groups in total. The first-order valence-corrected chi connectivity index (χ1v) is 7.05. The number of aromatic nitrogens is 2. The molecule has 4 nitrogen and oxygen atoms in total. The fraction of sp³-hybridized carbons (Fsp3) is 0.176. The molecule has 2 aromatic heterocycles. The molecule has 0 aliphatic heterocycles. The topological polar surface area (TPSA) is 37.6 Å². The van der Waals surface area contributed by atoms with Crippen molar-refractivity contribution in [2.75, 3.05) is 6.54 Å². The largest absolute Gasteiger partial charge is 0.333 e. The van der Waals surface area contributed by atoms with Gasteiger partial charge in [-0.3, -0.25) is 4.79 Å². The van der Waals surface area contributed by atoms with Gasteiger partial charge in [0.2, 0.25) is 0 Å². The standard InChI is InChI=1S/C17H17N3O/c1-2-19(13-14-8-4-3-5-9-14)17(21)16-12-15-10-6-7-11-20(15)18-16/h3-12H,2,13H2,1H3. The summed E-state index contributed by atoms with van der Waals surface area (Å²) in [5.74, 6) is -0.0370. The van der Waals surface area contributed by atoms with Crippen LogP contribution in [0, 0.1) is 0 Å². The molecule has 0 aliphatic rings. The Balaban J connectivity index is 1.84. The van der Waals surface area contributed by atoms with Crippen LogP contribution in [-0.2, 0) is 6.54 Å². The number of nitrogens with zero attached hydrogens (tertiary/aromatic N) is 3. The van der Waals surface area contributed by atoms with E-state index in [1.165, 1.54) is 0 Å². The van der Waals surface area contributed by atoms with Gasteiger partial charge in [0.1, 0.15) is 0 Å². The summed E-state index contributed by atoms with van der Waals surface area (Å²) in [6.07, 6.45) is 1.85. The van der Waals surface area contributed by atoms with E-state index in [0.717, 1.165) is 11.1 Å². The van der Waals surface area contributed by atoms with Crippen LogP contribution in [0.3, 0.4) is 0 Å². The summed E-state index contributed by atoms with van der Waals surface area (Å²) in [6, 6.07) is 17.6. The van der Waals surface area contributed by atoms with Crippen LogP contribution >= 0.6 is 0 Å². The molecule has 0 bridgehead atoms. The fourth-order valence-corrected chi connectivity index (χ4v) is 2.34. The van der Waals surface area contributed by atoms with Crippen molar-refractivity contribution in [3.63, 3.8) is 0 Å². The van der Waals surface area contributed by atoms with Gasteiger partial charge in [0.25, 0.3) is 5.91 Å². The zero-order chi connectivity index (χ0) is 14.7. The highest BCUT2D eigenvalue weighted by Gasteiger charge is 2.17. The molecule has 0 unspecified atom stereocenters. The van der Waals surface area contributed by atoms with Crippen LogP contribution < -0.4 is 0 Å². The second-order valence-corrected chi connectivity index (χ2v) is 4.90. The highest BCUT2D eigenvalue weighted by Crippen LogP contribution is 2.11. The molecule has 3 aromatic rings. The van der Waals surface area contributed by atoms with Gasteiger partial charge in [0.05, 0.1) is 5.52 Å². The third-order valence-corrected chi connectivity index (χ3v) is 3.47. The molecular weight excluding hydrogens is 262 g/mol. The van der Waals surface area contributed by atoms with Crippen LogP contribution in [0.1, 0.15) is 23.0 Å². The molecule has 2 heterocycles. The number of hydrogen-bond donors (Lipinski definition) is 0. The SMILES string of the molecule is CCN(Cc1ccccc1)C(=O)c1cc2ccccn2n1. The number of rotatable bonds is 4. The molecule has 0 saturated carbocycles. The Bertz CT molecular complexity index is 716. The van der Waals surface area contributed by atoms with Gasteiger partial charge < -0.3 is 4.90 Å². The first-order valence-electron chi connectivity index (χ1n) is 7.05. The molecular formula is C17H17N3O. The van der Waals surface area contributed by atoms with E-state index in [4.69, 9.17) is 0 Å². The molecule has 0 radical (unpaired) electrons. The van der Waals surface area contributed by atoms with Crippen molar-refractivity contribution in [2.24, 2.45) is 0 Å². The third kappa shape index (κ3) is 2.79. The van der Waals surface area contributed by atoms with Gasteiger partial charge in [-0.05, 0) is 30.7 Å². The highest BCUT2D eigenvalue weighted by atomic mass is 16.2. The van der Waals surface area contributed by atoms with E-state index in [1.807, 2.05) is 67.7 Å². The first-order chi connectivity index (χ1) is 10.3. The van der Waals surface area contributed by atoms with Crippen LogP contribution in [0.2, 0.25) is 0 Å². The van der Waals surface area contributed by atoms with Crippen LogP contribution in [0.15, 0.2) is 60.8 Å². The maximum atomic E-state index is 12.6. The van der Waals surface area contributed by atoms with Crippen LogP contribution in [0.4, 0.5) is 0 Å². The molecule has 3 rings (SSSR count). The number of carbonyl (C=O) groups excluding carboxylic acids is 1. The zero-order valence-corrected chi connectivity index (χ0v) is 11.9. The molecule has 0 saturated heterocycles. The summed E-state index contributed by atoms with van der Waals surface area (Å²) in [7, 11) is 0. The number of benzene rings is 1. The summed E-state index contributed by atoms with van der Waals surface area (Å²) >= 11 is 0. The second-order valence-electron chi connectivity index (χ2n) is 4.90. The number of fused-ring (bicyclic) bond motifs is 1. The summed E-state index contributed by atoms with van der Waals surface area (Å²) in [4.78, 5) is 14.4. The predicted octanol–water partition coefficient (Wildman–Crippen LogP) is 3.00. The Morgan fingerprint density at radius 1 is 1.14 bits per heavy atom. The van der Waals surface area contributed by atoms with Gasteiger partial charge in [0, 0.05) is 19.3 Å². The van der Waals surface area contributed by atoms with Gasteiger partial charge in [-0.25, -0.2) is 4.52 Å². The smallest absolute Gasteiger partial charge is 0.274 e. The lowest BCUT2D eigenvalue weighted by Gasteiger charge is -2.19. The molecule has 0 spiro atoms. The molecule has 0 fully saturated rings. The highest BCUT2D eigenvalue weighted by molar-refractivity contribution is 5.93. The zero-order valence-electron chi connectivity index (χ0n) is 11.9. The van der Waals surface area contributed by atoms with Gasteiger partial charge in [0.15, 0.2) is 5.69 Å². The third-order valence-electron chi connectivity index (χ3n) is 3.47. The number of amides is 1. The lowest BCUT2D eigenvalue weighted by atomic mass is 10.2. The average molecular weight is 279 g/mol. The monoisotopic (exact) mass is 279 g/mol. The van der Waals surface area contributed by atoms with E-state index < -0.39 is 0 Å². The molecule has 4 heteroatoms. The van der Waals surface area contributed by atoms with E-state index in [2.05, 4.69) is 5.10 Å². The summed E-state index contributed by atoms with van der Waals surface area (Å²) < 4.78 is 1.73. The molecule has 0 aliphatic carbocycles. The molecule has 1 amide bonds. The van der Waals surface area contributed by atoms with E-state index in [1.54, 1.807) is 9.42 Å². The van der Waals surface area contributed by atoms with Gasteiger partial charge in [-0.2, -0.15) is 5.10 Å². The molecule has 106 valence electrons. The van der Waals surface area contributed by atoms with E-state index in [-0.39, 0.29) is 5.91 Å². The van der Waals surface area contributed by atoms with E-state index in [0.29, 0.717) is 18.8 Å². The Kier molecular flexibility index (Phi) is 3.69. The fourth-order valence-electron chi connectivity index (χ4n) is 2.34. The van der Waals surface area contributed by atoms with Crippen LogP contribution in [0.25, 0.3) is 5.52 Å². The van der Waals surface area contributed by atoms with Crippen molar-refractivity contribution in [2.45, 2.75) is 13.5 Å². The Hall–Kier alpha value is -2.62. The van der Waals surface area contributed by atoms with Crippen molar-refractivity contribution < 1.29 is 4.79 Å².